The Morgan fingerprint density at radius 1 is 0.979 bits per heavy atom. The predicted octanol–water partition coefficient (Wildman–Crippen LogP) is 6.85. The second-order valence-electron chi connectivity index (χ2n) is 12.9. The lowest BCUT2D eigenvalue weighted by atomic mass is 9.89. The molecule has 1 amide bonds. The molecule has 0 unspecified atom stereocenters. The Hall–Kier alpha value is -3.67. The molecule has 252 valence electrons. The summed E-state index contributed by atoms with van der Waals surface area (Å²) in [5.74, 6) is -1.66. The van der Waals surface area contributed by atoms with Gasteiger partial charge in [-0.1, -0.05) is 38.1 Å². The van der Waals surface area contributed by atoms with Crippen LogP contribution < -0.4 is 9.64 Å². The summed E-state index contributed by atoms with van der Waals surface area (Å²) in [4.78, 5) is 53.4. The Labute approximate surface area is 283 Å². The van der Waals surface area contributed by atoms with Crippen molar-refractivity contribution >= 4 is 63.2 Å². The van der Waals surface area contributed by atoms with E-state index < -0.39 is 42.0 Å². The molecule has 1 aromatic heterocycles. The van der Waals surface area contributed by atoms with E-state index in [1.165, 1.54) is 13.8 Å². The Morgan fingerprint density at radius 2 is 1.62 bits per heavy atom. The van der Waals surface area contributed by atoms with E-state index >= 15 is 0 Å². The summed E-state index contributed by atoms with van der Waals surface area (Å²) >= 11 is 7.56. The molecule has 0 radical (unpaired) electrons. The number of carbonyl (C=O) groups is 4. The van der Waals surface area contributed by atoms with Crippen LogP contribution in [0.4, 0.5) is 5.69 Å². The van der Waals surface area contributed by atoms with Crippen molar-refractivity contribution in [2.45, 2.75) is 91.0 Å². The maximum atomic E-state index is 14.0. The number of rotatable bonds is 8. The highest BCUT2D eigenvalue weighted by atomic mass is 35.5. The zero-order valence-corrected chi connectivity index (χ0v) is 29.1. The minimum Gasteiger partial charge on any atom is -0.460 e. The van der Waals surface area contributed by atoms with Gasteiger partial charge in [-0.15, -0.1) is 22.9 Å². The average molecular weight is 686 g/mol. The summed E-state index contributed by atoms with van der Waals surface area (Å²) in [5, 5.41) is 1.60. The van der Waals surface area contributed by atoms with Gasteiger partial charge in [0.15, 0.2) is 0 Å². The normalized spacial score (nSPS) is 24.0. The molecule has 2 aliphatic heterocycles. The fraction of sp³-hybridized carbons (Fsp3) is 0.486. The van der Waals surface area contributed by atoms with Gasteiger partial charge in [0.2, 0.25) is 12.4 Å². The summed E-state index contributed by atoms with van der Waals surface area (Å²) in [5.41, 5.74) is 0.839. The van der Waals surface area contributed by atoms with Crippen molar-refractivity contribution in [1.82, 2.24) is 0 Å². The standard InChI is InChI=1S/C35H40ClNO9S/c1-8-25-18(2)30(42-19(3)38)31(43-20(4)39)34(44-25)45-26-15-24-29(23-12-10-9-11-22(23)26)21(16-36)17-37(24)32(40)27-13-14-28(47-27)33(41)46-35(5,6)7/h9-15,18,21,25,30-31,34H,8,16-17H2,1-7H3/t18-,21+,25+,30-,31+,34-/m0/s1. The minimum atomic E-state index is -1.12. The van der Waals surface area contributed by atoms with Gasteiger partial charge in [-0.3, -0.25) is 14.4 Å². The van der Waals surface area contributed by atoms with Crippen LogP contribution in [0.15, 0.2) is 42.5 Å². The molecular formula is C35H40ClNO9S. The molecule has 1 fully saturated rings. The SMILES string of the molecule is CC[C@H]1O[C@@H](Oc2cc3c(c4ccccc24)[C@H](CCl)CN3C(=O)c2ccc(C(=O)OC(C)(C)C)s2)[C@H](OC(C)=O)[C@@H](OC(C)=O)[C@H]1C. The van der Waals surface area contributed by atoms with Crippen molar-refractivity contribution in [1.29, 1.82) is 0 Å². The van der Waals surface area contributed by atoms with E-state index in [4.69, 9.17) is 35.3 Å². The highest BCUT2D eigenvalue weighted by Gasteiger charge is 2.49. The summed E-state index contributed by atoms with van der Waals surface area (Å²) in [7, 11) is 0. The third-order valence-electron chi connectivity index (χ3n) is 8.23. The number of benzene rings is 2. The van der Waals surface area contributed by atoms with Crippen LogP contribution in [0.5, 0.6) is 5.75 Å². The summed E-state index contributed by atoms with van der Waals surface area (Å²) < 4.78 is 29.8. The molecule has 3 aromatic rings. The van der Waals surface area contributed by atoms with Crippen LogP contribution >= 0.6 is 22.9 Å². The van der Waals surface area contributed by atoms with Crippen molar-refractivity contribution in [3.05, 3.63) is 57.8 Å². The van der Waals surface area contributed by atoms with Crippen molar-refractivity contribution < 1.29 is 42.9 Å². The number of hydrogen-bond acceptors (Lipinski definition) is 10. The van der Waals surface area contributed by atoms with E-state index in [-0.39, 0.29) is 29.7 Å². The molecule has 0 aliphatic carbocycles. The van der Waals surface area contributed by atoms with Crippen LogP contribution in [0, 0.1) is 5.92 Å². The number of nitrogens with zero attached hydrogens (tertiary/aromatic N) is 1. The van der Waals surface area contributed by atoms with Gasteiger partial charge in [-0.2, -0.15) is 0 Å². The van der Waals surface area contributed by atoms with Crippen LogP contribution in [0.25, 0.3) is 10.8 Å². The molecule has 3 heterocycles. The highest BCUT2D eigenvalue weighted by molar-refractivity contribution is 7.16. The lowest BCUT2D eigenvalue weighted by molar-refractivity contribution is -0.266. The first-order valence-corrected chi connectivity index (χ1v) is 17.0. The molecule has 2 aliphatic rings. The zero-order valence-electron chi connectivity index (χ0n) is 27.5. The third-order valence-corrected chi connectivity index (χ3v) is 9.66. The third kappa shape index (κ3) is 7.27. The monoisotopic (exact) mass is 685 g/mol. The fourth-order valence-electron chi connectivity index (χ4n) is 6.26. The number of halogens is 1. The number of carbonyl (C=O) groups excluding carboxylic acids is 4. The lowest BCUT2D eigenvalue weighted by Gasteiger charge is -2.44. The van der Waals surface area contributed by atoms with E-state index in [2.05, 4.69) is 0 Å². The van der Waals surface area contributed by atoms with E-state index in [1.54, 1.807) is 43.9 Å². The molecule has 1 saturated heterocycles. The second kappa shape index (κ2) is 13.8. The van der Waals surface area contributed by atoms with Crippen molar-refractivity contribution in [3.8, 4) is 5.75 Å². The molecule has 6 atom stereocenters. The van der Waals surface area contributed by atoms with Gasteiger partial charge in [0.05, 0.1) is 16.7 Å². The average Bonchev–Trinajstić information content (AvgIpc) is 3.64. The zero-order chi connectivity index (χ0) is 34.2. The summed E-state index contributed by atoms with van der Waals surface area (Å²) in [6.07, 6.45) is -2.73. The summed E-state index contributed by atoms with van der Waals surface area (Å²) in [6.45, 7) is 12.1. The molecule has 0 N–H and O–H groups in total. The van der Waals surface area contributed by atoms with Crippen molar-refractivity contribution in [3.63, 3.8) is 0 Å². The number of amides is 1. The number of anilines is 1. The number of thiophene rings is 1. The van der Waals surface area contributed by atoms with Crippen molar-refractivity contribution in [2.24, 2.45) is 5.92 Å². The first-order chi connectivity index (χ1) is 22.2. The molecule has 47 heavy (non-hydrogen) atoms. The summed E-state index contributed by atoms with van der Waals surface area (Å²) in [6, 6.07) is 12.6. The Balaban J connectivity index is 1.56. The van der Waals surface area contributed by atoms with Crippen LogP contribution in [0.3, 0.4) is 0 Å². The number of ether oxygens (including phenoxy) is 5. The smallest absolute Gasteiger partial charge is 0.348 e. The Kier molecular flexibility index (Phi) is 10.2. The topological polar surface area (TPSA) is 118 Å². The molecule has 5 rings (SSSR count). The highest BCUT2D eigenvalue weighted by Crippen LogP contribution is 2.47. The Bertz CT molecular complexity index is 1680. The molecule has 10 nitrogen and oxygen atoms in total. The number of esters is 3. The van der Waals surface area contributed by atoms with Crippen LogP contribution in [-0.2, 0) is 28.5 Å². The quantitative estimate of drug-likeness (QED) is 0.142. The maximum absolute atomic E-state index is 14.0. The molecule has 2 aromatic carbocycles. The first-order valence-electron chi connectivity index (χ1n) is 15.7. The van der Waals surface area contributed by atoms with Gasteiger partial charge in [0, 0.05) is 49.6 Å². The lowest BCUT2D eigenvalue weighted by Crippen LogP contribution is -2.58. The minimum absolute atomic E-state index is 0.168. The van der Waals surface area contributed by atoms with Gasteiger partial charge in [-0.05, 0) is 50.3 Å². The van der Waals surface area contributed by atoms with E-state index in [1.807, 2.05) is 38.1 Å². The molecule has 0 bridgehead atoms. The van der Waals surface area contributed by atoms with Crippen LogP contribution in [0.2, 0.25) is 0 Å². The van der Waals surface area contributed by atoms with E-state index in [9.17, 15) is 19.2 Å². The van der Waals surface area contributed by atoms with Crippen LogP contribution in [-0.4, -0.2) is 66.4 Å². The van der Waals surface area contributed by atoms with Crippen LogP contribution in [0.1, 0.15) is 85.7 Å². The van der Waals surface area contributed by atoms with Gasteiger partial charge >= 0.3 is 17.9 Å². The number of alkyl halides is 1. The second-order valence-corrected chi connectivity index (χ2v) is 14.3. The van der Waals surface area contributed by atoms with E-state index in [0.29, 0.717) is 34.2 Å². The first kappa shape index (κ1) is 34.7. The molecular weight excluding hydrogens is 646 g/mol. The van der Waals surface area contributed by atoms with Gasteiger partial charge in [-0.25, -0.2) is 4.79 Å². The fourth-order valence-corrected chi connectivity index (χ4v) is 7.34. The van der Waals surface area contributed by atoms with Crippen molar-refractivity contribution in [2.75, 3.05) is 17.3 Å². The van der Waals surface area contributed by atoms with Gasteiger partial charge < -0.3 is 28.6 Å². The van der Waals surface area contributed by atoms with E-state index in [0.717, 1.165) is 27.7 Å². The molecule has 12 heteroatoms. The Morgan fingerprint density at radius 3 is 2.23 bits per heavy atom. The maximum Gasteiger partial charge on any atom is 0.348 e. The number of fused-ring (bicyclic) bond motifs is 3. The predicted molar refractivity (Wildman–Crippen MR) is 178 cm³/mol. The van der Waals surface area contributed by atoms with Gasteiger partial charge in [0.25, 0.3) is 5.91 Å². The molecule has 0 saturated carbocycles. The largest absolute Gasteiger partial charge is 0.460 e. The molecule has 0 spiro atoms. The van der Waals surface area contributed by atoms with Gasteiger partial charge in [0.1, 0.15) is 22.3 Å². The number of hydrogen-bond donors (Lipinski definition) is 0.